The molecule has 0 aliphatic carbocycles. The van der Waals surface area contributed by atoms with Crippen LogP contribution in [0.3, 0.4) is 0 Å². The number of alkyl carbamates (subject to hydrolysis) is 1. The summed E-state index contributed by atoms with van der Waals surface area (Å²) in [6, 6.07) is 13.6. The van der Waals surface area contributed by atoms with Crippen LogP contribution in [0.5, 0.6) is 0 Å². The van der Waals surface area contributed by atoms with E-state index in [2.05, 4.69) is 31.9 Å². The summed E-state index contributed by atoms with van der Waals surface area (Å²) in [6.45, 7) is 8.66. The van der Waals surface area contributed by atoms with Gasteiger partial charge in [-0.1, -0.05) is 88.4 Å². The molecule has 0 unspecified atom stereocenters. The topological polar surface area (TPSA) is 288 Å². The first kappa shape index (κ1) is 57.5. The Balaban J connectivity index is 2.26. The lowest BCUT2D eigenvalue weighted by Gasteiger charge is -2.28. The molecule has 374 valence electrons. The molecular formula is C49H79N9O9. The molecule has 67 heavy (non-hydrogen) atoms. The first-order valence-electron chi connectivity index (χ1n) is 23.8. The van der Waals surface area contributed by atoms with Gasteiger partial charge in [-0.05, 0) is 107 Å². The second-order valence-corrected chi connectivity index (χ2v) is 17.7. The first-order valence-corrected chi connectivity index (χ1v) is 23.8. The van der Waals surface area contributed by atoms with E-state index in [1.165, 1.54) is 7.11 Å². The third kappa shape index (κ3) is 24.1. The highest BCUT2D eigenvalue weighted by molar-refractivity contribution is 5.91. The van der Waals surface area contributed by atoms with Crippen LogP contribution in [0, 0.1) is 11.8 Å². The summed E-state index contributed by atoms with van der Waals surface area (Å²) in [5.74, 6) is -3.21. The fourth-order valence-corrected chi connectivity index (χ4v) is 7.23. The smallest absolute Gasteiger partial charge is 0.408 e. The van der Waals surface area contributed by atoms with E-state index in [1.807, 2.05) is 88.4 Å². The predicted molar refractivity (Wildman–Crippen MR) is 258 cm³/mol. The van der Waals surface area contributed by atoms with Gasteiger partial charge in [0.2, 0.25) is 29.5 Å². The maximum absolute atomic E-state index is 14.2. The number of nitrogens with two attached hydrogens (primary N) is 3. The highest BCUT2D eigenvalue weighted by atomic mass is 16.5. The van der Waals surface area contributed by atoms with Crippen molar-refractivity contribution in [3.05, 3.63) is 71.8 Å². The number of benzene rings is 2. The van der Waals surface area contributed by atoms with Crippen molar-refractivity contribution in [1.82, 2.24) is 31.9 Å². The maximum atomic E-state index is 14.2. The normalized spacial score (nSPS) is 13.8. The summed E-state index contributed by atoms with van der Waals surface area (Å²) < 4.78 is 10.2. The van der Waals surface area contributed by atoms with Crippen LogP contribution in [0.15, 0.2) is 60.7 Å². The van der Waals surface area contributed by atoms with Gasteiger partial charge in [-0.25, -0.2) is 4.79 Å². The number of rotatable bonds is 33. The minimum Gasteiger partial charge on any atom is -0.469 e. The molecule has 2 rings (SSSR count). The fraction of sp³-hybridized carbons (Fsp3) is 0.612. The standard InChI is InChI=1S/C49H79N9O9/c1-33(2)41(56-48(64)40(24-14-17-27-52)58-49(65)67-32-36-20-10-7-11-21-36)30-44(60)55-38(22-12-15-25-50)46(62)53-37(28-35-18-8-6-9-19-35)29-43(59)54-39(23-13-16-26-51)47(63)57-42(34(3)4)31-45(61)66-5/h6-11,18-21,33-34,37-42H,12-17,22-32,50-52H2,1-5H3,(H,53,62)(H,54,59)(H,55,60)(H,56,64)(H,57,63)(H,58,65)/t37-,38-,39-,40-,41+,42+/m1/s1. The van der Waals surface area contributed by atoms with Crippen molar-refractivity contribution in [2.75, 3.05) is 26.7 Å². The van der Waals surface area contributed by atoms with Crippen LogP contribution in [-0.4, -0.2) is 105 Å². The number of nitrogens with one attached hydrogen (secondary N) is 6. The number of amides is 6. The Morgan fingerprint density at radius 1 is 0.507 bits per heavy atom. The molecule has 12 N–H and O–H groups in total. The molecule has 18 heteroatoms. The number of unbranched alkanes of at least 4 members (excludes halogenated alkanes) is 3. The summed E-state index contributed by atoms with van der Waals surface area (Å²) >= 11 is 0. The third-order valence-corrected chi connectivity index (χ3v) is 11.4. The van der Waals surface area contributed by atoms with Gasteiger partial charge in [-0.3, -0.25) is 28.8 Å². The molecule has 0 aliphatic heterocycles. The average molecular weight is 938 g/mol. The first-order chi connectivity index (χ1) is 32.1. The number of hydrogen-bond donors (Lipinski definition) is 9. The Morgan fingerprint density at radius 2 is 0.925 bits per heavy atom. The number of hydrogen-bond acceptors (Lipinski definition) is 12. The van der Waals surface area contributed by atoms with Gasteiger partial charge in [0.1, 0.15) is 24.7 Å². The monoisotopic (exact) mass is 938 g/mol. The molecule has 18 nitrogen and oxygen atoms in total. The molecule has 0 bridgehead atoms. The summed E-state index contributed by atoms with van der Waals surface area (Å²) in [5.41, 5.74) is 18.9. The minimum absolute atomic E-state index is 0.0213. The predicted octanol–water partition coefficient (Wildman–Crippen LogP) is 2.99. The van der Waals surface area contributed by atoms with Crippen LogP contribution in [0.4, 0.5) is 4.79 Å². The number of methoxy groups -OCH3 is 1. The summed E-state index contributed by atoms with van der Waals surface area (Å²) in [6.07, 6.45) is 3.46. The molecule has 0 heterocycles. The molecule has 0 saturated carbocycles. The van der Waals surface area contributed by atoms with Crippen LogP contribution in [0.2, 0.25) is 0 Å². The highest BCUT2D eigenvalue weighted by Gasteiger charge is 2.31. The maximum Gasteiger partial charge on any atom is 0.408 e. The quantitative estimate of drug-likeness (QED) is 0.0369. The van der Waals surface area contributed by atoms with Crippen molar-refractivity contribution >= 4 is 41.6 Å². The van der Waals surface area contributed by atoms with Crippen LogP contribution < -0.4 is 49.1 Å². The van der Waals surface area contributed by atoms with E-state index in [0.29, 0.717) is 71.0 Å². The van der Waals surface area contributed by atoms with Crippen molar-refractivity contribution in [3.63, 3.8) is 0 Å². The molecule has 6 atom stereocenters. The molecule has 0 radical (unpaired) electrons. The Kier molecular flexibility index (Phi) is 28.3. The number of ether oxygens (including phenoxy) is 2. The van der Waals surface area contributed by atoms with Gasteiger partial charge in [0.15, 0.2) is 0 Å². The van der Waals surface area contributed by atoms with Crippen molar-refractivity contribution in [2.45, 2.75) is 154 Å². The number of carbonyl (C=O) groups excluding carboxylic acids is 7. The van der Waals surface area contributed by atoms with Gasteiger partial charge >= 0.3 is 12.1 Å². The van der Waals surface area contributed by atoms with E-state index in [0.717, 1.165) is 11.1 Å². The zero-order chi connectivity index (χ0) is 49.6. The lowest BCUT2D eigenvalue weighted by atomic mass is 9.98. The zero-order valence-corrected chi connectivity index (χ0v) is 40.3. The summed E-state index contributed by atoms with van der Waals surface area (Å²) in [4.78, 5) is 94.1. The summed E-state index contributed by atoms with van der Waals surface area (Å²) in [5, 5.41) is 17.2. The Hall–Kier alpha value is -5.59. The van der Waals surface area contributed by atoms with Crippen LogP contribution in [0.25, 0.3) is 0 Å². The van der Waals surface area contributed by atoms with E-state index in [9.17, 15) is 33.6 Å². The molecular weight excluding hydrogens is 859 g/mol. The SMILES string of the molecule is COC(=O)C[C@H](NC(=O)[C@@H](CCCCN)NC(=O)C[C@@H](Cc1ccccc1)NC(=O)[C@@H](CCCCN)NC(=O)C[C@H](NC(=O)[C@@H](CCCCN)NC(=O)OCc1ccccc1)C(C)C)C(C)C. The van der Waals surface area contributed by atoms with E-state index < -0.39 is 77.8 Å². The van der Waals surface area contributed by atoms with E-state index in [1.54, 1.807) is 0 Å². The van der Waals surface area contributed by atoms with Crippen molar-refractivity contribution in [2.24, 2.45) is 29.0 Å². The van der Waals surface area contributed by atoms with E-state index >= 15 is 0 Å². The molecule has 2 aromatic rings. The van der Waals surface area contributed by atoms with Gasteiger partial charge < -0.3 is 58.6 Å². The van der Waals surface area contributed by atoms with Crippen LogP contribution in [-0.2, 0) is 51.3 Å². The van der Waals surface area contributed by atoms with Crippen LogP contribution >= 0.6 is 0 Å². The lowest BCUT2D eigenvalue weighted by molar-refractivity contribution is -0.142. The Morgan fingerprint density at radius 3 is 1.37 bits per heavy atom. The molecule has 0 aromatic heterocycles. The largest absolute Gasteiger partial charge is 0.469 e. The molecule has 6 amide bonds. The van der Waals surface area contributed by atoms with Gasteiger partial charge in [-0.2, -0.15) is 0 Å². The average Bonchev–Trinajstić information content (AvgIpc) is 3.29. The lowest BCUT2D eigenvalue weighted by Crippen LogP contribution is -2.54. The second kappa shape index (κ2) is 33.0. The highest BCUT2D eigenvalue weighted by Crippen LogP contribution is 2.14. The molecule has 0 spiro atoms. The third-order valence-electron chi connectivity index (χ3n) is 11.4. The van der Waals surface area contributed by atoms with Gasteiger partial charge in [0, 0.05) is 31.0 Å². The Bertz CT molecular complexity index is 1790. The van der Waals surface area contributed by atoms with Crippen molar-refractivity contribution in [3.8, 4) is 0 Å². The molecule has 0 saturated heterocycles. The fourth-order valence-electron chi connectivity index (χ4n) is 7.23. The van der Waals surface area contributed by atoms with Crippen molar-refractivity contribution < 1.29 is 43.0 Å². The minimum atomic E-state index is -1.01. The van der Waals surface area contributed by atoms with Gasteiger partial charge in [0.25, 0.3) is 0 Å². The Labute approximate surface area is 397 Å². The number of esters is 1. The summed E-state index contributed by atoms with van der Waals surface area (Å²) in [7, 11) is 1.28. The van der Waals surface area contributed by atoms with E-state index in [4.69, 9.17) is 26.7 Å². The van der Waals surface area contributed by atoms with Crippen LogP contribution in [0.1, 0.15) is 116 Å². The van der Waals surface area contributed by atoms with Gasteiger partial charge in [-0.15, -0.1) is 0 Å². The number of carbonyl (C=O) groups is 7. The van der Waals surface area contributed by atoms with Gasteiger partial charge in [0.05, 0.1) is 13.5 Å². The molecule has 2 aromatic carbocycles. The van der Waals surface area contributed by atoms with Crippen molar-refractivity contribution in [1.29, 1.82) is 0 Å². The van der Waals surface area contributed by atoms with E-state index in [-0.39, 0.29) is 50.5 Å². The second-order valence-electron chi connectivity index (χ2n) is 17.7. The zero-order valence-electron chi connectivity index (χ0n) is 40.3. The molecule has 0 fully saturated rings. The molecule has 0 aliphatic rings.